The van der Waals surface area contributed by atoms with Crippen LogP contribution < -0.4 is 5.73 Å². The van der Waals surface area contributed by atoms with Crippen molar-refractivity contribution in [3.05, 3.63) is 21.5 Å². The van der Waals surface area contributed by atoms with Gasteiger partial charge in [0.05, 0.1) is 14.6 Å². The van der Waals surface area contributed by atoms with Crippen molar-refractivity contribution in [1.29, 1.82) is 0 Å². The lowest BCUT2D eigenvalue weighted by Crippen LogP contribution is -2.18. The van der Waals surface area contributed by atoms with Crippen molar-refractivity contribution < 1.29 is 4.39 Å². The molecular formula is C14H15FIN3. The van der Waals surface area contributed by atoms with Gasteiger partial charge in [-0.15, -0.1) is 0 Å². The molecule has 0 radical (unpaired) electrons. The van der Waals surface area contributed by atoms with Gasteiger partial charge >= 0.3 is 0 Å². The van der Waals surface area contributed by atoms with Gasteiger partial charge in [-0.25, -0.2) is 9.37 Å². The first-order valence-electron chi connectivity index (χ1n) is 6.76. The number of aromatic nitrogens is 2. The minimum atomic E-state index is -0.183. The van der Waals surface area contributed by atoms with Crippen LogP contribution in [0.15, 0.2) is 12.1 Å². The van der Waals surface area contributed by atoms with Gasteiger partial charge in [-0.3, -0.25) is 0 Å². The molecule has 1 aromatic heterocycles. The molecule has 4 rings (SSSR count). The average molecular weight is 371 g/mol. The van der Waals surface area contributed by atoms with Crippen molar-refractivity contribution in [3.8, 4) is 0 Å². The maximum absolute atomic E-state index is 13.8. The summed E-state index contributed by atoms with van der Waals surface area (Å²) < 4.78 is 16.5. The summed E-state index contributed by atoms with van der Waals surface area (Å²) in [5, 5.41) is 0. The Morgan fingerprint density at radius 3 is 2.84 bits per heavy atom. The molecule has 2 aliphatic carbocycles. The van der Waals surface area contributed by atoms with E-state index < -0.39 is 0 Å². The third-order valence-corrected chi connectivity index (χ3v) is 5.62. The summed E-state index contributed by atoms with van der Waals surface area (Å²) in [7, 11) is 0. The number of benzene rings is 1. The molecule has 1 aromatic carbocycles. The SMILES string of the molecule is Nc1nc2cc(I)c(F)cc2n1C1CC2CCC1C2. The molecule has 2 saturated carbocycles. The fourth-order valence-corrected chi connectivity index (χ4v) is 4.44. The summed E-state index contributed by atoms with van der Waals surface area (Å²) in [6.45, 7) is 0. The molecule has 3 atom stereocenters. The van der Waals surface area contributed by atoms with E-state index in [1.807, 2.05) is 22.6 Å². The number of halogens is 2. The first kappa shape index (κ1) is 11.9. The minimum absolute atomic E-state index is 0.183. The van der Waals surface area contributed by atoms with Crippen LogP contribution in [0.25, 0.3) is 11.0 Å². The highest BCUT2D eigenvalue weighted by molar-refractivity contribution is 14.1. The average Bonchev–Trinajstić information content (AvgIpc) is 3.03. The van der Waals surface area contributed by atoms with Gasteiger partial charge in [0, 0.05) is 12.1 Å². The van der Waals surface area contributed by atoms with Crippen LogP contribution >= 0.6 is 22.6 Å². The third-order valence-electron chi connectivity index (χ3n) is 4.79. The first-order valence-corrected chi connectivity index (χ1v) is 7.84. The van der Waals surface area contributed by atoms with Crippen molar-refractivity contribution in [2.24, 2.45) is 11.8 Å². The molecule has 2 fully saturated rings. The van der Waals surface area contributed by atoms with Gasteiger partial charge in [-0.2, -0.15) is 0 Å². The highest BCUT2D eigenvalue weighted by Gasteiger charge is 2.41. The highest BCUT2D eigenvalue weighted by Crippen LogP contribution is 2.52. The molecule has 0 aliphatic heterocycles. The second-order valence-electron chi connectivity index (χ2n) is 5.84. The second-order valence-corrected chi connectivity index (χ2v) is 7.00. The molecule has 0 amide bonds. The number of rotatable bonds is 1. The summed E-state index contributed by atoms with van der Waals surface area (Å²) in [4.78, 5) is 4.41. The summed E-state index contributed by atoms with van der Waals surface area (Å²) in [6.07, 6.45) is 5.10. The van der Waals surface area contributed by atoms with Crippen LogP contribution in [0.3, 0.4) is 0 Å². The minimum Gasteiger partial charge on any atom is -0.369 e. The van der Waals surface area contributed by atoms with Crippen molar-refractivity contribution in [1.82, 2.24) is 9.55 Å². The molecule has 2 N–H and O–H groups in total. The van der Waals surface area contributed by atoms with Gasteiger partial charge in [-0.05, 0) is 59.8 Å². The van der Waals surface area contributed by atoms with E-state index in [1.165, 1.54) is 25.7 Å². The molecule has 5 heteroatoms. The predicted molar refractivity (Wildman–Crippen MR) is 81.3 cm³/mol. The predicted octanol–water partition coefficient (Wildman–Crippen LogP) is 3.72. The van der Waals surface area contributed by atoms with Crippen molar-refractivity contribution in [2.75, 3.05) is 5.73 Å². The van der Waals surface area contributed by atoms with Gasteiger partial charge < -0.3 is 10.3 Å². The van der Waals surface area contributed by atoms with Crippen molar-refractivity contribution in [3.63, 3.8) is 0 Å². The van der Waals surface area contributed by atoms with E-state index >= 15 is 0 Å². The Kier molecular flexibility index (Phi) is 2.56. The van der Waals surface area contributed by atoms with Gasteiger partial charge in [-0.1, -0.05) is 6.42 Å². The third kappa shape index (κ3) is 1.70. The van der Waals surface area contributed by atoms with Crippen molar-refractivity contribution in [2.45, 2.75) is 31.7 Å². The van der Waals surface area contributed by atoms with E-state index in [2.05, 4.69) is 9.55 Å². The number of nitrogens with two attached hydrogens (primary N) is 1. The molecule has 2 bridgehead atoms. The van der Waals surface area contributed by atoms with Gasteiger partial charge in [0.1, 0.15) is 5.82 Å². The topological polar surface area (TPSA) is 43.8 Å². The monoisotopic (exact) mass is 371 g/mol. The molecule has 2 aromatic rings. The number of imidazole rings is 1. The smallest absolute Gasteiger partial charge is 0.201 e. The number of fused-ring (bicyclic) bond motifs is 3. The summed E-state index contributed by atoms with van der Waals surface area (Å²) >= 11 is 2.00. The molecule has 1 heterocycles. The van der Waals surface area contributed by atoms with Gasteiger partial charge in [0.2, 0.25) is 5.95 Å². The summed E-state index contributed by atoms with van der Waals surface area (Å²) in [6, 6.07) is 3.79. The molecule has 0 saturated heterocycles. The molecular weight excluding hydrogens is 356 g/mol. The van der Waals surface area contributed by atoms with Crippen LogP contribution in [-0.4, -0.2) is 9.55 Å². The van der Waals surface area contributed by atoms with E-state index in [9.17, 15) is 4.39 Å². The zero-order valence-electron chi connectivity index (χ0n) is 10.4. The van der Waals surface area contributed by atoms with Crippen LogP contribution in [0.4, 0.5) is 10.3 Å². The Morgan fingerprint density at radius 2 is 2.16 bits per heavy atom. The standard InChI is InChI=1S/C14H15FIN3/c15-9-5-13-11(6-10(9)16)18-14(17)19(13)12-4-7-1-2-8(12)3-7/h5-8,12H,1-4H2,(H2,17,18). The maximum atomic E-state index is 13.8. The normalized spacial score (nSPS) is 29.5. The lowest BCUT2D eigenvalue weighted by atomic mass is 9.95. The molecule has 3 unspecified atom stereocenters. The molecule has 3 nitrogen and oxygen atoms in total. The molecule has 19 heavy (non-hydrogen) atoms. The largest absolute Gasteiger partial charge is 0.369 e. The maximum Gasteiger partial charge on any atom is 0.201 e. The Bertz CT molecular complexity index is 666. The van der Waals surface area contributed by atoms with E-state index in [0.717, 1.165) is 17.0 Å². The first-order chi connectivity index (χ1) is 9.13. The van der Waals surface area contributed by atoms with Crippen LogP contribution in [0.2, 0.25) is 0 Å². The molecule has 100 valence electrons. The Morgan fingerprint density at radius 1 is 1.32 bits per heavy atom. The number of nitrogen functional groups attached to an aromatic ring is 1. The lowest BCUT2D eigenvalue weighted by Gasteiger charge is -2.24. The Balaban J connectivity index is 1.89. The summed E-state index contributed by atoms with van der Waals surface area (Å²) in [5.41, 5.74) is 7.76. The van der Waals surface area contributed by atoms with Crippen LogP contribution in [0, 0.1) is 21.2 Å². The molecule has 2 aliphatic rings. The van der Waals surface area contributed by atoms with E-state index in [-0.39, 0.29) is 5.82 Å². The van der Waals surface area contributed by atoms with E-state index in [0.29, 0.717) is 21.5 Å². The van der Waals surface area contributed by atoms with Gasteiger partial charge in [0.25, 0.3) is 0 Å². The zero-order chi connectivity index (χ0) is 13.1. The van der Waals surface area contributed by atoms with Crippen LogP contribution in [0.1, 0.15) is 31.7 Å². The zero-order valence-corrected chi connectivity index (χ0v) is 12.6. The van der Waals surface area contributed by atoms with Gasteiger partial charge in [0.15, 0.2) is 0 Å². The highest BCUT2D eigenvalue weighted by atomic mass is 127. The Hall–Kier alpha value is -0.850. The number of hydrogen-bond acceptors (Lipinski definition) is 2. The van der Waals surface area contributed by atoms with Crippen LogP contribution in [-0.2, 0) is 0 Å². The van der Waals surface area contributed by atoms with E-state index in [4.69, 9.17) is 5.73 Å². The second kappa shape index (κ2) is 4.07. The van der Waals surface area contributed by atoms with E-state index in [1.54, 1.807) is 12.1 Å². The van der Waals surface area contributed by atoms with Crippen molar-refractivity contribution >= 4 is 39.6 Å². The number of nitrogens with zero attached hydrogens (tertiary/aromatic N) is 2. The fourth-order valence-electron chi connectivity index (χ4n) is 3.98. The fraction of sp³-hybridized carbons (Fsp3) is 0.500. The quantitative estimate of drug-likeness (QED) is 0.777. The van der Waals surface area contributed by atoms with Crippen LogP contribution in [0.5, 0.6) is 0 Å². The summed E-state index contributed by atoms with van der Waals surface area (Å²) in [5.74, 6) is 1.89. The Labute approximate surface area is 124 Å². The number of anilines is 1. The lowest BCUT2D eigenvalue weighted by molar-refractivity contribution is 0.339. The number of hydrogen-bond donors (Lipinski definition) is 1. The molecule has 0 spiro atoms.